The van der Waals surface area contributed by atoms with Crippen molar-refractivity contribution in [3.63, 3.8) is 0 Å². The molecule has 0 saturated carbocycles. The number of rotatable bonds is 3. The maximum Gasteiger partial charge on any atom is 0.433 e. The highest BCUT2D eigenvalue weighted by atomic mass is 19.4. The predicted molar refractivity (Wildman–Crippen MR) is 70.7 cm³/mol. The first kappa shape index (κ1) is 16.6. The van der Waals surface area contributed by atoms with Crippen LogP contribution in [0.4, 0.5) is 17.6 Å². The summed E-state index contributed by atoms with van der Waals surface area (Å²) >= 11 is 0. The fourth-order valence-corrected chi connectivity index (χ4v) is 1.82. The number of amides is 1. The van der Waals surface area contributed by atoms with Crippen molar-refractivity contribution < 1.29 is 27.2 Å². The molecule has 0 aliphatic rings. The number of carbonyl (C=O) groups is 2. The average molecular weight is 327 g/mol. The van der Waals surface area contributed by atoms with Crippen molar-refractivity contribution in [1.82, 2.24) is 10.4 Å². The second-order valence-corrected chi connectivity index (χ2v) is 4.37. The number of nitrogen functional groups attached to an aromatic ring is 1. The molecule has 0 atom stereocenters. The van der Waals surface area contributed by atoms with E-state index in [1.165, 1.54) is 12.1 Å². The van der Waals surface area contributed by atoms with Gasteiger partial charge in [-0.25, -0.2) is 15.2 Å². The third-order valence-corrected chi connectivity index (χ3v) is 2.89. The highest BCUT2D eigenvalue weighted by Gasteiger charge is 2.34. The summed E-state index contributed by atoms with van der Waals surface area (Å²) in [5.41, 5.74) is -1.53. The molecule has 0 radical (unpaired) electrons. The molecule has 0 fully saturated rings. The number of pyridine rings is 1. The van der Waals surface area contributed by atoms with Crippen LogP contribution in [-0.4, -0.2) is 16.7 Å². The van der Waals surface area contributed by atoms with E-state index < -0.39 is 46.2 Å². The van der Waals surface area contributed by atoms with Gasteiger partial charge in [0.25, 0.3) is 5.91 Å². The largest absolute Gasteiger partial charge is 0.433 e. The molecule has 9 heteroatoms. The molecule has 1 aromatic heterocycles. The highest BCUT2D eigenvalue weighted by molar-refractivity contribution is 6.14. The topological polar surface area (TPSA) is 85.1 Å². The molecule has 3 N–H and O–H groups in total. The van der Waals surface area contributed by atoms with E-state index in [1.54, 1.807) is 5.43 Å². The van der Waals surface area contributed by atoms with Crippen molar-refractivity contribution in [2.45, 2.75) is 6.18 Å². The van der Waals surface area contributed by atoms with E-state index in [2.05, 4.69) is 4.98 Å². The molecule has 120 valence electrons. The Kier molecular flexibility index (Phi) is 4.41. The molecule has 0 unspecified atom stereocenters. The van der Waals surface area contributed by atoms with Gasteiger partial charge < -0.3 is 0 Å². The van der Waals surface area contributed by atoms with Crippen LogP contribution in [0, 0.1) is 5.82 Å². The minimum atomic E-state index is -4.83. The molecule has 2 rings (SSSR count). The van der Waals surface area contributed by atoms with Gasteiger partial charge in [0.2, 0.25) is 5.78 Å². The van der Waals surface area contributed by atoms with Gasteiger partial charge in [-0.05, 0) is 24.3 Å². The Labute approximate surface area is 127 Å². The quantitative estimate of drug-likeness (QED) is 0.297. The van der Waals surface area contributed by atoms with Crippen molar-refractivity contribution in [2.24, 2.45) is 5.84 Å². The van der Waals surface area contributed by atoms with Gasteiger partial charge in [0, 0.05) is 0 Å². The number of hydrogen-bond acceptors (Lipinski definition) is 4. The molecule has 2 aromatic rings. The molecule has 23 heavy (non-hydrogen) atoms. The highest BCUT2D eigenvalue weighted by Crippen LogP contribution is 2.29. The summed E-state index contributed by atoms with van der Waals surface area (Å²) in [6.07, 6.45) is -4.83. The number of carbonyl (C=O) groups excluding carboxylic acids is 2. The van der Waals surface area contributed by atoms with Crippen LogP contribution in [0.3, 0.4) is 0 Å². The molecule has 0 bridgehead atoms. The number of halogens is 4. The minimum Gasteiger partial charge on any atom is -0.290 e. The maximum atomic E-state index is 13.7. The Morgan fingerprint density at radius 2 is 1.70 bits per heavy atom. The van der Waals surface area contributed by atoms with E-state index in [-0.39, 0.29) is 0 Å². The van der Waals surface area contributed by atoms with Gasteiger partial charge in [0.1, 0.15) is 17.2 Å². The smallest absolute Gasteiger partial charge is 0.290 e. The van der Waals surface area contributed by atoms with E-state index in [0.29, 0.717) is 6.07 Å². The summed E-state index contributed by atoms with van der Waals surface area (Å²) in [6, 6.07) is 5.95. The van der Waals surface area contributed by atoms with Crippen LogP contribution in [0.5, 0.6) is 0 Å². The van der Waals surface area contributed by atoms with E-state index in [1.807, 2.05) is 0 Å². The number of hydrazine groups is 1. The fourth-order valence-electron chi connectivity index (χ4n) is 1.82. The monoisotopic (exact) mass is 327 g/mol. The molecule has 0 saturated heterocycles. The summed E-state index contributed by atoms with van der Waals surface area (Å²) in [4.78, 5) is 27.1. The average Bonchev–Trinajstić information content (AvgIpc) is 2.52. The third kappa shape index (κ3) is 3.34. The van der Waals surface area contributed by atoms with Crippen molar-refractivity contribution in [1.29, 1.82) is 0 Å². The number of ketones is 1. The Morgan fingerprint density at radius 3 is 2.26 bits per heavy atom. The first-order chi connectivity index (χ1) is 10.8. The fraction of sp³-hybridized carbons (Fsp3) is 0.0714. The van der Waals surface area contributed by atoms with Gasteiger partial charge in [-0.3, -0.25) is 15.0 Å². The number of nitrogens with one attached hydrogen (secondary N) is 1. The Hall–Kier alpha value is -2.81. The van der Waals surface area contributed by atoms with E-state index in [9.17, 15) is 27.2 Å². The van der Waals surface area contributed by atoms with Crippen molar-refractivity contribution in [2.75, 3.05) is 0 Å². The minimum absolute atomic E-state index is 0.492. The van der Waals surface area contributed by atoms with Crippen LogP contribution in [0.25, 0.3) is 0 Å². The number of benzene rings is 1. The van der Waals surface area contributed by atoms with Crippen molar-refractivity contribution in [3.05, 3.63) is 64.7 Å². The summed E-state index contributed by atoms with van der Waals surface area (Å²) in [5.74, 6) is 1.80. The summed E-state index contributed by atoms with van der Waals surface area (Å²) in [5, 5.41) is 0. The molecule has 1 aromatic carbocycles. The van der Waals surface area contributed by atoms with Crippen LogP contribution in [-0.2, 0) is 6.18 Å². The van der Waals surface area contributed by atoms with Gasteiger partial charge in [-0.1, -0.05) is 12.1 Å². The summed E-state index contributed by atoms with van der Waals surface area (Å²) < 4.78 is 51.9. The zero-order valence-corrected chi connectivity index (χ0v) is 11.3. The van der Waals surface area contributed by atoms with Gasteiger partial charge in [0.15, 0.2) is 0 Å². The van der Waals surface area contributed by atoms with E-state index >= 15 is 0 Å². The maximum absolute atomic E-state index is 13.7. The lowest BCUT2D eigenvalue weighted by atomic mass is 10.0. The standard InChI is InChI=1S/C14H9F4N3O2/c15-9-4-2-1-3-7(9)12(22)11-8(13(23)21-19)5-6-10(20-11)14(16,17)18/h1-6H,19H2,(H,21,23). The van der Waals surface area contributed by atoms with Gasteiger partial charge in [-0.15, -0.1) is 0 Å². The first-order valence-electron chi connectivity index (χ1n) is 6.14. The normalized spacial score (nSPS) is 11.2. The van der Waals surface area contributed by atoms with Crippen LogP contribution < -0.4 is 11.3 Å². The van der Waals surface area contributed by atoms with E-state index in [4.69, 9.17) is 5.84 Å². The molecule has 0 aliphatic heterocycles. The zero-order valence-electron chi connectivity index (χ0n) is 11.3. The van der Waals surface area contributed by atoms with E-state index in [0.717, 1.165) is 18.2 Å². The van der Waals surface area contributed by atoms with Gasteiger partial charge in [-0.2, -0.15) is 13.2 Å². The Bertz CT molecular complexity index is 775. The first-order valence-corrected chi connectivity index (χ1v) is 6.14. The molecule has 5 nitrogen and oxygen atoms in total. The molecular formula is C14H9F4N3O2. The van der Waals surface area contributed by atoms with Crippen molar-refractivity contribution >= 4 is 11.7 Å². The molecule has 1 heterocycles. The summed E-state index contributed by atoms with van der Waals surface area (Å²) in [7, 11) is 0. The number of alkyl halides is 3. The molecule has 0 aliphatic carbocycles. The lowest BCUT2D eigenvalue weighted by Crippen LogP contribution is -2.32. The SMILES string of the molecule is NNC(=O)c1ccc(C(F)(F)F)nc1C(=O)c1ccccc1F. The second kappa shape index (κ2) is 6.13. The van der Waals surface area contributed by atoms with Gasteiger partial charge >= 0.3 is 6.18 Å². The predicted octanol–water partition coefficient (Wildman–Crippen LogP) is 2.07. The molecule has 0 spiro atoms. The van der Waals surface area contributed by atoms with Crippen LogP contribution >= 0.6 is 0 Å². The molecule has 1 amide bonds. The number of hydrogen-bond donors (Lipinski definition) is 2. The zero-order chi connectivity index (χ0) is 17.2. The third-order valence-electron chi connectivity index (χ3n) is 2.89. The lowest BCUT2D eigenvalue weighted by Gasteiger charge is -2.11. The van der Waals surface area contributed by atoms with Crippen LogP contribution in [0.1, 0.15) is 32.1 Å². The second-order valence-electron chi connectivity index (χ2n) is 4.37. The van der Waals surface area contributed by atoms with Crippen molar-refractivity contribution in [3.8, 4) is 0 Å². The van der Waals surface area contributed by atoms with Crippen LogP contribution in [0.15, 0.2) is 36.4 Å². The summed E-state index contributed by atoms with van der Waals surface area (Å²) in [6.45, 7) is 0. The number of nitrogens with zero attached hydrogens (tertiary/aromatic N) is 1. The Balaban J connectivity index is 2.64. The Morgan fingerprint density at radius 1 is 1.04 bits per heavy atom. The lowest BCUT2D eigenvalue weighted by molar-refractivity contribution is -0.141. The number of aromatic nitrogens is 1. The molecular weight excluding hydrogens is 318 g/mol. The number of nitrogens with two attached hydrogens (primary N) is 1. The van der Waals surface area contributed by atoms with Gasteiger partial charge in [0.05, 0.1) is 11.1 Å². The van der Waals surface area contributed by atoms with Crippen LogP contribution in [0.2, 0.25) is 0 Å².